The van der Waals surface area contributed by atoms with Crippen LogP contribution in [0.5, 0.6) is 0 Å². The molecule has 0 aliphatic rings. The molecule has 10 heavy (non-hydrogen) atoms. The average molecular weight is 167 g/mol. The average Bonchev–Trinajstić information content (AvgIpc) is 1.89. The molecule has 0 bridgehead atoms. The van der Waals surface area contributed by atoms with E-state index in [0.29, 0.717) is 0 Å². The van der Waals surface area contributed by atoms with Gasteiger partial charge in [-0.3, -0.25) is 4.79 Å². The molecule has 0 aromatic rings. The molecule has 0 heterocycles. The Balaban J connectivity index is 0. The Kier molecular flexibility index (Phi) is 10.8. The van der Waals surface area contributed by atoms with Gasteiger partial charge in [0.2, 0.25) is 5.91 Å². The van der Waals surface area contributed by atoms with E-state index in [1.165, 1.54) is 0 Å². The van der Waals surface area contributed by atoms with Crippen LogP contribution in [0.25, 0.3) is 0 Å². The first-order chi connectivity index (χ1) is 4.31. The molecule has 0 radical (unpaired) electrons. The van der Waals surface area contributed by atoms with Crippen LogP contribution in [-0.4, -0.2) is 19.0 Å². The van der Waals surface area contributed by atoms with E-state index < -0.39 is 0 Å². The number of hydrogen-bond acceptors (Lipinski definition) is 2. The molecule has 4 heteroatoms. The SMILES string of the molecule is CCCCNC(=O)CN.Cl. The van der Waals surface area contributed by atoms with Crippen LogP contribution in [0.1, 0.15) is 19.8 Å². The Morgan fingerprint density at radius 2 is 2.20 bits per heavy atom. The number of nitrogens with two attached hydrogens (primary N) is 1. The Morgan fingerprint density at radius 3 is 2.60 bits per heavy atom. The van der Waals surface area contributed by atoms with Gasteiger partial charge in [-0.1, -0.05) is 13.3 Å². The summed E-state index contributed by atoms with van der Waals surface area (Å²) in [6.45, 7) is 2.94. The topological polar surface area (TPSA) is 55.1 Å². The van der Waals surface area contributed by atoms with Crippen LogP contribution in [-0.2, 0) is 4.79 Å². The number of carbonyl (C=O) groups is 1. The molecule has 0 aliphatic heterocycles. The van der Waals surface area contributed by atoms with Gasteiger partial charge in [-0.15, -0.1) is 12.4 Å². The first-order valence-corrected chi connectivity index (χ1v) is 3.28. The van der Waals surface area contributed by atoms with Crippen molar-refractivity contribution < 1.29 is 4.79 Å². The smallest absolute Gasteiger partial charge is 0.233 e. The maximum absolute atomic E-state index is 10.5. The van der Waals surface area contributed by atoms with E-state index in [1.54, 1.807) is 0 Å². The zero-order chi connectivity index (χ0) is 7.11. The van der Waals surface area contributed by atoms with Crippen molar-refractivity contribution in [1.29, 1.82) is 0 Å². The number of nitrogens with one attached hydrogen (secondary N) is 1. The van der Waals surface area contributed by atoms with Crippen LogP contribution < -0.4 is 11.1 Å². The Labute approximate surface area is 67.8 Å². The van der Waals surface area contributed by atoms with E-state index >= 15 is 0 Å². The van der Waals surface area contributed by atoms with E-state index in [9.17, 15) is 4.79 Å². The summed E-state index contributed by atoms with van der Waals surface area (Å²) in [5.41, 5.74) is 5.04. The van der Waals surface area contributed by atoms with Crippen LogP contribution in [0.3, 0.4) is 0 Å². The quantitative estimate of drug-likeness (QED) is 0.590. The van der Waals surface area contributed by atoms with Gasteiger partial charge >= 0.3 is 0 Å². The van der Waals surface area contributed by atoms with E-state index in [4.69, 9.17) is 5.73 Å². The van der Waals surface area contributed by atoms with Crippen molar-refractivity contribution in [3.05, 3.63) is 0 Å². The summed E-state index contributed by atoms with van der Waals surface area (Å²) >= 11 is 0. The van der Waals surface area contributed by atoms with Gasteiger partial charge < -0.3 is 11.1 Å². The molecule has 0 rings (SSSR count). The third-order valence-corrected chi connectivity index (χ3v) is 1.04. The molecule has 0 fully saturated rings. The molecule has 0 aliphatic carbocycles. The predicted molar refractivity (Wildman–Crippen MR) is 44.2 cm³/mol. The van der Waals surface area contributed by atoms with E-state index in [0.717, 1.165) is 19.4 Å². The molecule has 0 aromatic heterocycles. The van der Waals surface area contributed by atoms with Crippen molar-refractivity contribution in [3.63, 3.8) is 0 Å². The van der Waals surface area contributed by atoms with Crippen LogP contribution >= 0.6 is 12.4 Å². The minimum absolute atomic E-state index is 0. The molecule has 0 unspecified atom stereocenters. The number of carbonyl (C=O) groups excluding carboxylic acids is 1. The molecular weight excluding hydrogens is 152 g/mol. The van der Waals surface area contributed by atoms with Crippen molar-refractivity contribution >= 4 is 18.3 Å². The van der Waals surface area contributed by atoms with Crippen molar-refractivity contribution in [3.8, 4) is 0 Å². The third kappa shape index (κ3) is 7.72. The molecule has 3 nitrogen and oxygen atoms in total. The highest BCUT2D eigenvalue weighted by atomic mass is 35.5. The van der Waals surface area contributed by atoms with Gasteiger partial charge in [-0.05, 0) is 6.42 Å². The fourth-order valence-electron chi connectivity index (χ4n) is 0.477. The first-order valence-electron chi connectivity index (χ1n) is 3.28. The molecule has 1 amide bonds. The zero-order valence-corrected chi connectivity index (χ0v) is 7.04. The maximum Gasteiger partial charge on any atom is 0.233 e. The molecule has 0 spiro atoms. The summed E-state index contributed by atoms with van der Waals surface area (Å²) in [6, 6.07) is 0. The van der Waals surface area contributed by atoms with Crippen molar-refractivity contribution in [2.24, 2.45) is 5.73 Å². The normalized spacial score (nSPS) is 8.20. The van der Waals surface area contributed by atoms with Crippen LogP contribution in [0.15, 0.2) is 0 Å². The molecule has 0 saturated heterocycles. The highest BCUT2D eigenvalue weighted by Crippen LogP contribution is 1.80. The fourth-order valence-corrected chi connectivity index (χ4v) is 0.477. The predicted octanol–water partition coefficient (Wildman–Crippen LogP) is 0.283. The van der Waals surface area contributed by atoms with Crippen LogP contribution in [0.2, 0.25) is 0 Å². The highest BCUT2D eigenvalue weighted by Gasteiger charge is 1.92. The van der Waals surface area contributed by atoms with Gasteiger partial charge in [0.15, 0.2) is 0 Å². The summed E-state index contributed by atoms with van der Waals surface area (Å²) in [5.74, 6) is -0.0662. The lowest BCUT2D eigenvalue weighted by atomic mass is 10.3. The lowest BCUT2D eigenvalue weighted by Gasteiger charge is -1.99. The fraction of sp³-hybridized carbons (Fsp3) is 0.833. The highest BCUT2D eigenvalue weighted by molar-refractivity contribution is 5.85. The summed E-state index contributed by atoms with van der Waals surface area (Å²) in [4.78, 5) is 10.5. The number of amides is 1. The number of halogens is 1. The Bertz CT molecular complexity index is 87.8. The minimum atomic E-state index is -0.0662. The molecule has 62 valence electrons. The lowest BCUT2D eigenvalue weighted by molar-refractivity contribution is -0.119. The summed E-state index contributed by atoms with van der Waals surface area (Å²) in [5, 5.41) is 2.67. The first kappa shape index (κ1) is 12.4. The second-order valence-electron chi connectivity index (χ2n) is 1.91. The third-order valence-electron chi connectivity index (χ3n) is 1.04. The van der Waals surface area contributed by atoms with Crippen molar-refractivity contribution in [1.82, 2.24) is 5.32 Å². The Hall–Kier alpha value is -0.280. The van der Waals surface area contributed by atoms with Gasteiger partial charge in [-0.25, -0.2) is 0 Å². The molecule has 0 aromatic carbocycles. The molecule has 0 atom stereocenters. The zero-order valence-electron chi connectivity index (χ0n) is 6.22. The second-order valence-corrected chi connectivity index (χ2v) is 1.91. The van der Waals surface area contributed by atoms with E-state index in [1.807, 2.05) is 0 Å². The van der Waals surface area contributed by atoms with Crippen LogP contribution in [0.4, 0.5) is 0 Å². The lowest BCUT2D eigenvalue weighted by Crippen LogP contribution is -2.30. The molecular formula is C6H15ClN2O. The van der Waals surface area contributed by atoms with E-state index in [2.05, 4.69) is 12.2 Å². The van der Waals surface area contributed by atoms with Gasteiger partial charge in [0.25, 0.3) is 0 Å². The van der Waals surface area contributed by atoms with Gasteiger partial charge in [-0.2, -0.15) is 0 Å². The largest absolute Gasteiger partial charge is 0.355 e. The molecule has 3 N–H and O–H groups in total. The Morgan fingerprint density at radius 1 is 1.60 bits per heavy atom. The second kappa shape index (κ2) is 8.72. The van der Waals surface area contributed by atoms with E-state index in [-0.39, 0.29) is 24.9 Å². The monoisotopic (exact) mass is 166 g/mol. The van der Waals surface area contributed by atoms with Crippen molar-refractivity contribution in [2.45, 2.75) is 19.8 Å². The number of hydrogen-bond donors (Lipinski definition) is 2. The minimum Gasteiger partial charge on any atom is -0.355 e. The summed E-state index contributed by atoms with van der Waals surface area (Å²) in [6.07, 6.45) is 2.14. The summed E-state index contributed by atoms with van der Waals surface area (Å²) in [7, 11) is 0. The maximum atomic E-state index is 10.5. The number of rotatable bonds is 4. The van der Waals surface area contributed by atoms with Crippen LogP contribution in [0, 0.1) is 0 Å². The van der Waals surface area contributed by atoms with Gasteiger partial charge in [0, 0.05) is 6.54 Å². The molecule has 0 saturated carbocycles. The van der Waals surface area contributed by atoms with Gasteiger partial charge in [0.1, 0.15) is 0 Å². The van der Waals surface area contributed by atoms with Crippen molar-refractivity contribution in [2.75, 3.05) is 13.1 Å². The number of unbranched alkanes of at least 4 members (excludes halogenated alkanes) is 1. The summed E-state index contributed by atoms with van der Waals surface area (Å²) < 4.78 is 0. The standard InChI is InChI=1S/C6H14N2O.ClH/c1-2-3-4-8-6(9)5-7;/h2-5,7H2,1H3,(H,8,9);1H. The van der Waals surface area contributed by atoms with Gasteiger partial charge in [0.05, 0.1) is 6.54 Å².